The zero-order valence-electron chi connectivity index (χ0n) is 33.0. The molecule has 2 aliphatic rings. The van der Waals surface area contributed by atoms with Crippen LogP contribution in [0.5, 0.6) is 34.5 Å². The molecule has 0 fully saturated rings. The summed E-state index contributed by atoms with van der Waals surface area (Å²) in [5, 5.41) is 0. The van der Waals surface area contributed by atoms with Crippen molar-refractivity contribution in [2.24, 2.45) is 0 Å². The van der Waals surface area contributed by atoms with Crippen molar-refractivity contribution >= 4 is 11.9 Å². The Balaban J connectivity index is 0.000000218. The Bertz CT molecular complexity index is 1960. The Morgan fingerprint density at radius 2 is 1.05 bits per heavy atom. The van der Waals surface area contributed by atoms with E-state index in [4.69, 9.17) is 47.4 Å². The van der Waals surface area contributed by atoms with Gasteiger partial charge < -0.3 is 47.4 Å². The molecule has 0 unspecified atom stereocenters. The molecule has 302 valence electrons. The van der Waals surface area contributed by atoms with Crippen LogP contribution in [0.4, 0.5) is 0 Å². The van der Waals surface area contributed by atoms with E-state index < -0.39 is 11.3 Å². The fraction of sp³-hybridized carbons (Fsp3) is 0.333. The third kappa shape index (κ3) is 10.0. The standard InChI is InChI=1S/C23H26O6.C22H24O6/c1-5-6-20-19-12-11-18(28-15-26-4)13-21(19)29-22(24)23(20,2)16-7-9-17(10-8-16)27-14-25-3;1-4-5-19-18-11-10-17(27-14-25-3)12-20(18)28-22(23)21(19)15-6-8-16(9-7-15)26-13-24-2/h5,7-13,20H,1,6,14-15H2,2-4H3;4,6-12,19,21H,1,5,13-14H2,2-3H3/t20-,23-;19-,21-/m11/s1. The van der Waals surface area contributed by atoms with E-state index in [1.54, 1.807) is 40.6 Å². The van der Waals surface area contributed by atoms with E-state index >= 15 is 0 Å². The summed E-state index contributed by atoms with van der Waals surface area (Å²) in [4.78, 5) is 26.0. The number of allylic oxidation sites excluding steroid dienone is 2. The first kappa shape index (κ1) is 42.5. The van der Waals surface area contributed by atoms with Crippen molar-refractivity contribution in [2.75, 3.05) is 55.6 Å². The third-order valence-electron chi connectivity index (χ3n) is 9.83. The van der Waals surface area contributed by atoms with Crippen molar-refractivity contribution in [1.29, 1.82) is 0 Å². The van der Waals surface area contributed by atoms with Crippen LogP contribution in [0, 0.1) is 0 Å². The summed E-state index contributed by atoms with van der Waals surface area (Å²) >= 11 is 0. The Labute approximate surface area is 333 Å². The van der Waals surface area contributed by atoms with E-state index in [2.05, 4.69) is 13.2 Å². The maximum atomic E-state index is 13.2. The van der Waals surface area contributed by atoms with Gasteiger partial charge in [-0.25, -0.2) is 0 Å². The van der Waals surface area contributed by atoms with Crippen molar-refractivity contribution in [3.05, 3.63) is 132 Å². The number of methoxy groups -OCH3 is 4. The number of carbonyl (C=O) groups excluding carboxylic acids is 2. The zero-order valence-corrected chi connectivity index (χ0v) is 33.0. The van der Waals surface area contributed by atoms with Gasteiger partial charge in [-0.15, -0.1) is 13.2 Å². The van der Waals surface area contributed by atoms with Gasteiger partial charge in [0.25, 0.3) is 0 Å². The maximum absolute atomic E-state index is 13.2. The minimum atomic E-state index is -0.865. The Morgan fingerprint density at radius 1 is 0.596 bits per heavy atom. The lowest BCUT2D eigenvalue weighted by atomic mass is 9.66. The van der Waals surface area contributed by atoms with Gasteiger partial charge in [-0.1, -0.05) is 48.6 Å². The Kier molecular flexibility index (Phi) is 15.3. The summed E-state index contributed by atoms with van der Waals surface area (Å²) in [7, 11) is 6.23. The molecule has 12 heteroatoms. The van der Waals surface area contributed by atoms with E-state index in [0.717, 1.165) is 22.3 Å². The molecule has 0 saturated carbocycles. The zero-order chi connectivity index (χ0) is 40.8. The van der Waals surface area contributed by atoms with Crippen LogP contribution >= 0.6 is 0 Å². The van der Waals surface area contributed by atoms with Gasteiger partial charge in [0.1, 0.15) is 34.5 Å². The van der Waals surface area contributed by atoms with Gasteiger partial charge in [0.15, 0.2) is 27.2 Å². The van der Waals surface area contributed by atoms with Crippen LogP contribution in [-0.4, -0.2) is 67.5 Å². The molecular weight excluding hydrogens is 732 g/mol. The first-order valence-electron chi connectivity index (χ1n) is 18.3. The summed E-state index contributed by atoms with van der Waals surface area (Å²) in [5.74, 6) is 2.30. The quantitative estimate of drug-likeness (QED) is 0.0418. The van der Waals surface area contributed by atoms with Crippen molar-refractivity contribution in [2.45, 2.75) is 42.9 Å². The SMILES string of the molecule is C=CC[C@@H]1c2ccc(OCOC)cc2OC(=O)[C@@H]1c1ccc(OCOC)cc1.C=CC[C@@H]1c2ccc(OCOC)cc2OC(=O)[C@]1(C)c1ccc(OCOC)cc1. The molecule has 57 heavy (non-hydrogen) atoms. The number of rotatable bonds is 18. The van der Waals surface area contributed by atoms with Gasteiger partial charge in [0.2, 0.25) is 0 Å². The van der Waals surface area contributed by atoms with Gasteiger partial charge in [-0.05, 0) is 72.9 Å². The molecule has 0 N–H and O–H groups in total. The largest absolute Gasteiger partial charge is 0.468 e. The number of carbonyl (C=O) groups is 2. The van der Waals surface area contributed by atoms with E-state index in [1.807, 2.05) is 91.9 Å². The van der Waals surface area contributed by atoms with Gasteiger partial charge in [0.05, 0.1) is 11.3 Å². The fourth-order valence-electron chi connectivity index (χ4n) is 6.99. The molecule has 2 heterocycles. The maximum Gasteiger partial charge on any atom is 0.322 e. The minimum absolute atomic E-state index is 0.0732. The van der Waals surface area contributed by atoms with E-state index in [-0.39, 0.29) is 50.9 Å². The van der Waals surface area contributed by atoms with Crippen LogP contribution in [0.15, 0.2) is 110 Å². The summed E-state index contributed by atoms with van der Waals surface area (Å²) in [6.07, 6.45) is 4.92. The molecule has 6 rings (SSSR count). The molecule has 12 nitrogen and oxygen atoms in total. The highest BCUT2D eigenvalue weighted by Gasteiger charge is 2.49. The Morgan fingerprint density at radius 3 is 1.56 bits per heavy atom. The molecule has 0 radical (unpaired) electrons. The summed E-state index contributed by atoms with van der Waals surface area (Å²) in [6.45, 7) is 10.2. The summed E-state index contributed by atoms with van der Waals surface area (Å²) in [6, 6.07) is 25.9. The third-order valence-corrected chi connectivity index (χ3v) is 9.83. The van der Waals surface area contributed by atoms with Crippen molar-refractivity contribution in [1.82, 2.24) is 0 Å². The van der Waals surface area contributed by atoms with E-state index in [0.29, 0.717) is 47.3 Å². The molecule has 0 bridgehead atoms. The predicted molar refractivity (Wildman–Crippen MR) is 212 cm³/mol. The lowest BCUT2D eigenvalue weighted by molar-refractivity contribution is -0.143. The lowest BCUT2D eigenvalue weighted by Gasteiger charge is -2.40. The molecule has 4 aromatic carbocycles. The second-order valence-electron chi connectivity index (χ2n) is 13.4. The fourth-order valence-corrected chi connectivity index (χ4v) is 6.99. The highest BCUT2D eigenvalue weighted by Crippen LogP contribution is 2.50. The highest BCUT2D eigenvalue weighted by atomic mass is 16.7. The number of ether oxygens (including phenoxy) is 10. The number of benzene rings is 4. The smallest absolute Gasteiger partial charge is 0.322 e. The summed E-state index contributed by atoms with van der Waals surface area (Å²) < 4.78 is 52.9. The molecule has 0 aromatic heterocycles. The molecule has 0 aliphatic carbocycles. The number of fused-ring (bicyclic) bond motifs is 2. The average molecular weight is 783 g/mol. The Hall–Kier alpha value is -5.66. The first-order chi connectivity index (χ1) is 27.7. The summed E-state index contributed by atoms with van der Waals surface area (Å²) in [5.41, 5.74) is 2.75. The lowest BCUT2D eigenvalue weighted by Crippen LogP contribution is -2.45. The van der Waals surface area contributed by atoms with E-state index in [1.165, 1.54) is 0 Å². The molecule has 0 spiro atoms. The first-order valence-corrected chi connectivity index (χ1v) is 18.3. The minimum Gasteiger partial charge on any atom is -0.468 e. The van der Waals surface area contributed by atoms with Crippen LogP contribution < -0.4 is 28.4 Å². The van der Waals surface area contributed by atoms with Gasteiger partial charge >= 0.3 is 11.9 Å². The predicted octanol–water partition coefficient (Wildman–Crippen LogP) is 8.20. The van der Waals surface area contributed by atoms with Gasteiger partial charge in [0, 0.05) is 58.0 Å². The second-order valence-corrected chi connectivity index (χ2v) is 13.4. The monoisotopic (exact) mass is 782 g/mol. The van der Waals surface area contributed by atoms with Crippen molar-refractivity contribution in [3.8, 4) is 34.5 Å². The van der Waals surface area contributed by atoms with Gasteiger partial charge in [-0.3, -0.25) is 9.59 Å². The number of hydrogen-bond acceptors (Lipinski definition) is 12. The normalized spacial score (nSPS) is 19.4. The number of hydrogen-bond donors (Lipinski definition) is 0. The molecule has 0 saturated heterocycles. The van der Waals surface area contributed by atoms with Crippen molar-refractivity contribution < 1.29 is 57.0 Å². The van der Waals surface area contributed by atoms with Crippen LogP contribution in [-0.2, 0) is 34.0 Å². The highest BCUT2D eigenvalue weighted by molar-refractivity contribution is 5.89. The van der Waals surface area contributed by atoms with E-state index in [9.17, 15) is 9.59 Å². The van der Waals surface area contributed by atoms with Crippen LogP contribution in [0.3, 0.4) is 0 Å². The van der Waals surface area contributed by atoms with Gasteiger partial charge in [-0.2, -0.15) is 0 Å². The van der Waals surface area contributed by atoms with Crippen LogP contribution in [0.2, 0.25) is 0 Å². The van der Waals surface area contributed by atoms with Crippen molar-refractivity contribution in [3.63, 3.8) is 0 Å². The molecule has 2 aliphatic heterocycles. The molecule has 4 atom stereocenters. The van der Waals surface area contributed by atoms with Crippen LogP contribution in [0.1, 0.15) is 59.8 Å². The molecule has 0 amide bonds. The molecular formula is C45H50O12. The van der Waals surface area contributed by atoms with Crippen LogP contribution in [0.25, 0.3) is 0 Å². The number of esters is 2. The average Bonchev–Trinajstić information content (AvgIpc) is 3.23. The second kappa shape index (κ2) is 20.5. The molecule has 4 aromatic rings. The topological polar surface area (TPSA) is 126 Å².